The van der Waals surface area contributed by atoms with Gasteiger partial charge in [-0.25, -0.2) is 0 Å². The van der Waals surface area contributed by atoms with E-state index in [1.165, 1.54) is 12.1 Å². The summed E-state index contributed by atoms with van der Waals surface area (Å²) in [6.45, 7) is 8.20. The zero-order chi connectivity index (χ0) is 13.2. The van der Waals surface area contributed by atoms with Gasteiger partial charge in [0.15, 0.2) is 0 Å². The van der Waals surface area contributed by atoms with Gasteiger partial charge in [0.05, 0.1) is 0 Å². The van der Waals surface area contributed by atoms with E-state index in [4.69, 9.17) is 0 Å². The van der Waals surface area contributed by atoms with E-state index in [1.54, 1.807) is 0 Å². The maximum Gasteiger partial charge on any atom is 0.0367 e. The minimum absolute atomic E-state index is 0.439. The maximum absolute atomic E-state index is 3.50. The topological polar surface area (TPSA) is 15.3 Å². The molecule has 1 N–H and O–H groups in total. The summed E-state index contributed by atoms with van der Waals surface area (Å²) in [5.74, 6) is 0.708. The number of hydrogen-bond donors (Lipinski definition) is 1. The van der Waals surface area contributed by atoms with Crippen molar-refractivity contribution >= 4 is 21.6 Å². The highest BCUT2D eigenvalue weighted by molar-refractivity contribution is 9.10. The van der Waals surface area contributed by atoms with Crippen molar-refractivity contribution in [1.29, 1.82) is 0 Å². The molecule has 1 heterocycles. The number of halogens is 1. The molecule has 1 aromatic rings. The van der Waals surface area contributed by atoms with Crippen LogP contribution in [0.25, 0.3) is 0 Å². The first-order valence-corrected chi connectivity index (χ1v) is 7.47. The Balaban J connectivity index is 2.10. The standard InChI is InChI=1S/C15H23BrN2/c1-15(2)8-9-18(11-12(15)10-17-3)14-6-4-13(16)5-7-14/h4-7,12,17H,8-11H2,1-3H3. The lowest BCUT2D eigenvalue weighted by Gasteiger charge is -2.45. The van der Waals surface area contributed by atoms with Crippen molar-refractivity contribution in [2.75, 3.05) is 31.6 Å². The number of hydrogen-bond acceptors (Lipinski definition) is 2. The quantitative estimate of drug-likeness (QED) is 0.919. The van der Waals surface area contributed by atoms with Crippen molar-refractivity contribution in [3.63, 3.8) is 0 Å². The fourth-order valence-corrected chi connectivity index (χ4v) is 2.97. The van der Waals surface area contributed by atoms with Crippen molar-refractivity contribution in [2.45, 2.75) is 20.3 Å². The molecule has 1 unspecified atom stereocenters. The summed E-state index contributed by atoms with van der Waals surface area (Å²) in [4.78, 5) is 2.51. The third kappa shape index (κ3) is 3.07. The predicted octanol–water partition coefficient (Wildman–Crippen LogP) is 3.52. The number of anilines is 1. The molecular formula is C15H23BrN2. The molecule has 0 saturated carbocycles. The van der Waals surface area contributed by atoms with Gasteiger partial charge in [0.1, 0.15) is 0 Å². The van der Waals surface area contributed by atoms with Gasteiger partial charge in [0, 0.05) is 23.2 Å². The van der Waals surface area contributed by atoms with Gasteiger partial charge in [-0.15, -0.1) is 0 Å². The van der Waals surface area contributed by atoms with Gasteiger partial charge in [0.2, 0.25) is 0 Å². The SMILES string of the molecule is CNCC1CN(c2ccc(Br)cc2)CCC1(C)C. The minimum atomic E-state index is 0.439. The third-order valence-corrected chi connectivity index (χ3v) is 4.74. The second-order valence-corrected chi connectivity index (χ2v) is 6.83. The van der Waals surface area contributed by atoms with Crippen LogP contribution < -0.4 is 10.2 Å². The Labute approximate surface area is 119 Å². The molecule has 3 heteroatoms. The fraction of sp³-hybridized carbons (Fsp3) is 0.600. The van der Waals surface area contributed by atoms with Gasteiger partial charge in [0.25, 0.3) is 0 Å². The third-order valence-electron chi connectivity index (χ3n) is 4.21. The van der Waals surface area contributed by atoms with Crippen LogP contribution in [0.3, 0.4) is 0 Å². The maximum atomic E-state index is 3.50. The molecule has 18 heavy (non-hydrogen) atoms. The number of nitrogens with zero attached hydrogens (tertiary/aromatic N) is 1. The summed E-state index contributed by atoms with van der Waals surface area (Å²) >= 11 is 3.50. The van der Waals surface area contributed by atoms with Crippen LogP contribution in [-0.4, -0.2) is 26.7 Å². The number of benzene rings is 1. The number of rotatable bonds is 3. The summed E-state index contributed by atoms with van der Waals surface area (Å²) in [7, 11) is 2.05. The highest BCUT2D eigenvalue weighted by Crippen LogP contribution is 2.37. The second kappa shape index (κ2) is 5.62. The summed E-state index contributed by atoms with van der Waals surface area (Å²) in [6.07, 6.45) is 1.26. The van der Waals surface area contributed by atoms with Crippen LogP contribution in [0.5, 0.6) is 0 Å². The van der Waals surface area contributed by atoms with E-state index in [-0.39, 0.29) is 0 Å². The highest BCUT2D eigenvalue weighted by Gasteiger charge is 2.34. The van der Waals surface area contributed by atoms with E-state index in [1.807, 2.05) is 0 Å². The van der Waals surface area contributed by atoms with E-state index in [2.05, 4.69) is 71.3 Å². The van der Waals surface area contributed by atoms with Gasteiger partial charge < -0.3 is 10.2 Å². The molecule has 1 aliphatic rings. The molecule has 1 atom stereocenters. The van der Waals surface area contributed by atoms with Crippen molar-refractivity contribution < 1.29 is 0 Å². The van der Waals surface area contributed by atoms with E-state index < -0.39 is 0 Å². The summed E-state index contributed by atoms with van der Waals surface area (Å²) in [5, 5.41) is 3.34. The minimum Gasteiger partial charge on any atom is -0.371 e. The lowest BCUT2D eigenvalue weighted by atomic mass is 9.73. The van der Waals surface area contributed by atoms with Gasteiger partial charge in [-0.3, -0.25) is 0 Å². The van der Waals surface area contributed by atoms with Gasteiger partial charge in [-0.1, -0.05) is 29.8 Å². The van der Waals surface area contributed by atoms with Crippen molar-refractivity contribution in [2.24, 2.45) is 11.3 Å². The summed E-state index contributed by atoms with van der Waals surface area (Å²) in [6, 6.07) is 8.67. The van der Waals surface area contributed by atoms with Crippen LogP contribution in [0.1, 0.15) is 20.3 Å². The van der Waals surface area contributed by atoms with Crippen molar-refractivity contribution in [3.8, 4) is 0 Å². The van der Waals surface area contributed by atoms with Crippen LogP contribution in [0, 0.1) is 11.3 Å². The van der Waals surface area contributed by atoms with E-state index >= 15 is 0 Å². The molecule has 1 aliphatic heterocycles. The second-order valence-electron chi connectivity index (χ2n) is 5.92. The zero-order valence-electron chi connectivity index (χ0n) is 11.5. The van der Waals surface area contributed by atoms with E-state index in [0.29, 0.717) is 11.3 Å². The van der Waals surface area contributed by atoms with Crippen LogP contribution in [0.2, 0.25) is 0 Å². The number of piperidine rings is 1. The monoisotopic (exact) mass is 310 g/mol. The molecular weight excluding hydrogens is 288 g/mol. The Bertz CT molecular complexity index is 386. The fourth-order valence-electron chi connectivity index (χ4n) is 2.71. The molecule has 1 fully saturated rings. The Morgan fingerprint density at radius 3 is 2.61 bits per heavy atom. The first-order valence-electron chi connectivity index (χ1n) is 6.68. The largest absolute Gasteiger partial charge is 0.371 e. The molecule has 1 saturated heterocycles. The van der Waals surface area contributed by atoms with Crippen LogP contribution in [0.15, 0.2) is 28.7 Å². The molecule has 0 bridgehead atoms. The van der Waals surface area contributed by atoms with Gasteiger partial charge >= 0.3 is 0 Å². The molecule has 2 nitrogen and oxygen atoms in total. The Morgan fingerprint density at radius 1 is 1.33 bits per heavy atom. The first-order chi connectivity index (χ1) is 8.53. The first kappa shape index (κ1) is 13.9. The smallest absolute Gasteiger partial charge is 0.0367 e. The average Bonchev–Trinajstić information content (AvgIpc) is 2.33. The molecule has 0 spiro atoms. The molecule has 0 amide bonds. The molecule has 0 aliphatic carbocycles. The lowest BCUT2D eigenvalue weighted by Crippen LogP contribution is -2.48. The summed E-state index contributed by atoms with van der Waals surface area (Å²) < 4.78 is 1.15. The average molecular weight is 311 g/mol. The highest BCUT2D eigenvalue weighted by atomic mass is 79.9. The van der Waals surface area contributed by atoms with E-state index in [0.717, 1.165) is 24.1 Å². The van der Waals surface area contributed by atoms with Crippen LogP contribution in [-0.2, 0) is 0 Å². The molecule has 1 aromatic carbocycles. The molecule has 0 aromatic heterocycles. The molecule has 2 rings (SSSR count). The lowest BCUT2D eigenvalue weighted by molar-refractivity contribution is 0.169. The van der Waals surface area contributed by atoms with Crippen molar-refractivity contribution in [3.05, 3.63) is 28.7 Å². The van der Waals surface area contributed by atoms with E-state index in [9.17, 15) is 0 Å². The normalized spacial score (nSPS) is 23.1. The molecule has 0 radical (unpaired) electrons. The van der Waals surface area contributed by atoms with Crippen LogP contribution >= 0.6 is 15.9 Å². The Kier molecular flexibility index (Phi) is 4.33. The number of nitrogens with one attached hydrogen (secondary N) is 1. The van der Waals surface area contributed by atoms with Gasteiger partial charge in [-0.2, -0.15) is 0 Å². The predicted molar refractivity (Wildman–Crippen MR) is 82.2 cm³/mol. The van der Waals surface area contributed by atoms with Gasteiger partial charge in [-0.05, 0) is 55.6 Å². The zero-order valence-corrected chi connectivity index (χ0v) is 13.1. The van der Waals surface area contributed by atoms with Crippen molar-refractivity contribution in [1.82, 2.24) is 5.32 Å². The molecule has 100 valence electrons. The Morgan fingerprint density at radius 2 is 2.00 bits per heavy atom. The summed E-state index contributed by atoms with van der Waals surface area (Å²) in [5.41, 5.74) is 1.78. The Hall–Kier alpha value is -0.540. The van der Waals surface area contributed by atoms with Crippen LogP contribution in [0.4, 0.5) is 5.69 Å².